The van der Waals surface area contributed by atoms with Crippen molar-refractivity contribution in [1.29, 1.82) is 0 Å². The molecule has 0 bridgehead atoms. The van der Waals surface area contributed by atoms with Gasteiger partial charge in [0.25, 0.3) is 0 Å². The molecule has 3 heteroatoms. The van der Waals surface area contributed by atoms with Gasteiger partial charge >= 0.3 is 59.1 Å². The zero-order valence-corrected chi connectivity index (χ0v) is 11.0. The first-order chi connectivity index (χ1) is 4.47. The molecule has 1 aromatic carbocycles. The number of nitrogens with one attached hydrogen (secondary N) is 1. The second-order valence-corrected chi connectivity index (χ2v) is 2.06. The molecule has 0 aliphatic heterocycles. The van der Waals surface area contributed by atoms with Crippen molar-refractivity contribution in [3.8, 4) is 0 Å². The molecule has 0 unspecified atom stereocenters. The molecule has 0 saturated carbocycles. The number of hydrogen-bond acceptors (Lipinski definition) is 0. The molecule has 1 N–H and O–H groups in total. The fourth-order valence-electron chi connectivity index (χ4n) is 0.995. The number of hydrogen-bond donors (Lipinski definition) is 1. The summed E-state index contributed by atoms with van der Waals surface area (Å²) in [6, 6.07) is 10.3. The van der Waals surface area contributed by atoms with E-state index in [1.165, 1.54) is 10.9 Å². The molecule has 1 aromatic heterocycles. The van der Waals surface area contributed by atoms with E-state index in [1.54, 1.807) is 0 Å². The van der Waals surface area contributed by atoms with Gasteiger partial charge in [0, 0.05) is 11.7 Å². The van der Waals surface area contributed by atoms with Gasteiger partial charge in [-0.05, 0) is 17.5 Å². The van der Waals surface area contributed by atoms with Gasteiger partial charge in [0.2, 0.25) is 0 Å². The minimum absolute atomic E-state index is 0. The summed E-state index contributed by atoms with van der Waals surface area (Å²) in [6.45, 7) is 0. The molecule has 0 atom stereocenters. The minimum Gasteiger partial charge on any atom is -1.00 e. The van der Waals surface area contributed by atoms with Gasteiger partial charge in [0.1, 0.15) is 0 Å². The monoisotopic (exact) mass is 165 g/mol. The van der Waals surface area contributed by atoms with Crippen molar-refractivity contribution >= 4 is 10.9 Å². The van der Waals surface area contributed by atoms with Gasteiger partial charge in [-0.2, -0.15) is 0 Å². The van der Waals surface area contributed by atoms with Gasteiger partial charge in [-0.1, -0.05) is 18.2 Å². The first-order valence-corrected chi connectivity index (χ1v) is 2.99. The number of para-hydroxylation sites is 1. The van der Waals surface area contributed by atoms with Crippen molar-refractivity contribution in [3.63, 3.8) is 0 Å². The van der Waals surface area contributed by atoms with Gasteiger partial charge in [0.05, 0.1) is 0 Å². The standard InChI is InChI=1S/C8H7N.2Na.2H/c1-2-4-8-7(3-1)5-6-9-8;;;;/h1-6,9H;;;;/q;2*+1;2*-1. The molecule has 0 saturated heterocycles. The first-order valence-electron chi connectivity index (χ1n) is 2.99. The van der Waals surface area contributed by atoms with Gasteiger partial charge in [-0.25, -0.2) is 0 Å². The van der Waals surface area contributed by atoms with Crippen LogP contribution in [0.5, 0.6) is 0 Å². The summed E-state index contributed by atoms with van der Waals surface area (Å²) in [5.41, 5.74) is 1.21. The Morgan fingerprint density at radius 2 is 1.73 bits per heavy atom. The van der Waals surface area contributed by atoms with E-state index < -0.39 is 0 Å². The predicted octanol–water partition coefficient (Wildman–Crippen LogP) is -3.60. The van der Waals surface area contributed by atoms with Crippen LogP contribution in [0.3, 0.4) is 0 Å². The minimum atomic E-state index is 0. The third-order valence-corrected chi connectivity index (χ3v) is 1.46. The Kier molecular flexibility index (Phi) is 5.79. The topological polar surface area (TPSA) is 15.8 Å². The third kappa shape index (κ3) is 2.62. The molecule has 1 heterocycles. The van der Waals surface area contributed by atoms with E-state index in [9.17, 15) is 0 Å². The van der Waals surface area contributed by atoms with Crippen LogP contribution in [0.1, 0.15) is 2.85 Å². The Labute approximate surface area is 113 Å². The number of H-pyrrole nitrogens is 1. The molecule has 11 heavy (non-hydrogen) atoms. The molecule has 2 rings (SSSR count). The first kappa shape index (κ1) is 11.8. The molecule has 0 radical (unpaired) electrons. The summed E-state index contributed by atoms with van der Waals surface area (Å²) in [6.07, 6.45) is 1.95. The molecule has 1 nitrogen and oxygen atoms in total. The predicted molar refractivity (Wildman–Crippen MR) is 40.5 cm³/mol. The molecule has 0 amide bonds. The van der Waals surface area contributed by atoms with Crippen molar-refractivity contribution in [1.82, 2.24) is 4.98 Å². The van der Waals surface area contributed by atoms with Gasteiger partial charge in [0.15, 0.2) is 0 Å². The largest absolute Gasteiger partial charge is 1.00 e. The zero-order valence-electron chi connectivity index (χ0n) is 8.96. The van der Waals surface area contributed by atoms with Crippen molar-refractivity contribution < 1.29 is 62.0 Å². The zero-order chi connectivity index (χ0) is 6.10. The fraction of sp³-hybridized carbons (Fsp3) is 0. The second kappa shape index (κ2) is 5.41. The van der Waals surface area contributed by atoms with Gasteiger partial charge in [-0.3, -0.25) is 0 Å². The van der Waals surface area contributed by atoms with Crippen LogP contribution in [0.4, 0.5) is 0 Å². The number of rotatable bonds is 0. The molecule has 0 aliphatic carbocycles. The van der Waals surface area contributed by atoms with E-state index in [0.29, 0.717) is 0 Å². The summed E-state index contributed by atoms with van der Waals surface area (Å²) in [5.74, 6) is 0. The molecule has 0 spiro atoms. The van der Waals surface area contributed by atoms with Crippen LogP contribution in [0, 0.1) is 0 Å². The summed E-state index contributed by atoms with van der Waals surface area (Å²) in [5, 5.41) is 1.28. The maximum atomic E-state index is 3.12. The van der Waals surface area contributed by atoms with Crippen molar-refractivity contribution in [2.45, 2.75) is 0 Å². The van der Waals surface area contributed by atoms with E-state index in [0.717, 1.165) is 0 Å². The molecule has 2 aromatic rings. The molecule has 0 aliphatic rings. The van der Waals surface area contributed by atoms with E-state index in [-0.39, 0.29) is 62.0 Å². The number of fused-ring (bicyclic) bond motifs is 1. The Balaban J connectivity index is -0.000000250. The average Bonchev–Trinajstić information content (AvgIpc) is 2.33. The summed E-state index contributed by atoms with van der Waals surface area (Å²) in [7, 11) is 0. The Hall–Kier alpha value is 0.760. The molecule has 0 fully saturated rings. The average molecular weight is 165 g/mol. The Morgan fingerprint density at radius 3 is 2.45 bits per heavy atom. The van der Waals surface area contributed by atoms with E-state index in [2.05, 4.69) is 23.2 Å². The Bertz CT molecular complexity index is 294. The van der Waals surface area contributed by atoms with Crippen LogP contribution in [0.15, 0.2) is 36.5 Å². The van der Waals surface area contributed by atoms with Gasteiger partial charge < -0.3 is 7.84 Å². The number of aromatic nitrogens is 1. The maximum Gasteiger partial charge on any atom is 1.00 e. The van der Waals surface area contributed by atoms with Crippen LogP contribution >= 0.6 is 0 Å². The fourth-order valence-corrected chi connectivity index (χ4v) is 0.995. The van der Waals surface area contributed by atoms with Gasteiger partial charge in [-0.15, -0.1) is 0 Å². The summed E-state index contributed by atoms with van der Waals surface area (Å²) < 4.78 is 0. The van der Waals surface area contributed by atoms with Crippen LogP contribution < -0.4 is 59.1 Å². The van der Waals surface area contributed by atoms with Crippen molar-refractivity contribution in [2.75, 3.05) is 0 Å². The second-order valence-electron chi connectivity index (χ2n) is 2.06. The van der Waals surface area contributed by atoms with Crippen LogP contribution in [0.25, 0.3) is 10.9 Å². The Morgan fingerprint density at radius 1 is 1.00 bits per heavy atom. The number of benzene rings is 1. The quantitative estimate of drug-likeness (QED) is 0.388. The molecular formula is C8H9NNa2. The van der Waals surface area contributed by atoms with Crippen LogP contribution in [-0.2, 0) is 0 Å². The maximum absolute atomic E-state index is 3.12. The third-order valence-electron chi connectivity index (χ3n) is 1.46. The summed E-state index contributed by atoms with van der Waals surface area (Å²) >= 11 is 0. The van der Waals surface area contributed by atoms with Crippen LogP contribution in [-0.4, -0.2) is 4.98 Å². The molecular weight excluding hydrogens is 156 g/mol. The SMILES string of the molecule is [H-].[H-].[Na+].[Na+].c1ccc2[nH]ccc2c1. The normalized spacial score (nSPS) is 8.36. The van der Waals surface area contributed by atoms with E-state index >= 15 is 0 Å². The number of aromatic amines is 1. The van der Waals surface area contributed by atoms with Crippen molar-refractivity contribution in [2.24, 2.45) is 0 Å². The molecule has 48 valence electrons. The van der Waals surface area contributed by atoms with Crippen molar-refractivity contribution in [3.05, 3.63) is 36.5 Å². The van der Waals surface area contributed by atoms with E-state index in [4.69, 9.17) is 0 Å². The smallest absolute Gasteiger partial charge is 1.00 e. The van der Waals surface area contributed by atoms with Crippen LogP contribution in [0.2, 0.25) is 0 Å². The summed E-state index contributed by atoms with van der Waals surface area (Å²) in [4.78, 5) is 3.12. The van der Waals surface area contributed by atoms with E-state index in [1.807, 2.05) is 18.3 Å².